The second kappa shape index (κ2) is 8.84. The van der Waals surface area contributed by atoms with Gasteiger partial charge in [-0.3, -0.25) is 4.79 Å². The van der Waals surface area contributed by atoms with Crippen LogP contribution in [0.1, 0.15) is 41.4 Å². The van der Waals surface area contributed by atoms with Crippen LogP contribution in [0.3, 0.4) is 0 Å². The topological polar surface area (TPSA) is 61.4 Å². The molecule has 0 spiro atoms. The first-order valence-electron chi connectivity index (χ1n) is 9.76. The zero-order chi connectivity index (χ0) is 19.2. The quantitative estimate of drug-likeness (QED) is 0.794. The van der Waals surface area contributed by atoms with Gasteiger partial charge in [0.15, 0.2) is 0 Å². The first kappa shape index (κ1) is 19.1. The molecular weight excluding hydrogens is 338 g/mol. The molecule has 1 aliphatic rings. The van der Waals surface area contributed by atoms with Gasteiger partial charge in [0.1, 0.15) is 17.8 Å². The van der Waals surface area contributed by atoms with E-state index in [9.17, 15) is 4.79 Å². The van der Waals surface area contributed by atoms with Crippen LogP contribution in [0.15, 0.2) is 30.6 Å². The van der Waals surface area contributed by atoms with Crippen LogP contribution in [0.25, 0.3) is 0 Å². The molecule has 0 radical (unpaired) electrons. The third-order valence-corrected chi connectivity index (χ3v) is 5.21. The van der Waals surface area contributed by atoms with Crippen LogP contribution in [0.5, 0.6) is 0 Å². The number of carbonyl (C=O) groups is 1. The number of rotatable bonds is 6. The minimum atomic E-state index is -0.0171. The van der Waals surface area contributed by atoms with Gasteiger partial charge in [0.2, 0.25) is 0 Å². The average molecular weight is 367 g/mol. The molecule has 0 bridgehead atoms. The molecule has 1 N–H and O–H groups in total. The molecule has 0 aliphatic carbocycles. The highest BCUT2D eigenvalue weighted by Gasteiger charge is 2.24. The van der Waals surface area contributed by atoms with Gasteiger partial charge in [0, 0.05) is 44.5 Å². The van der Waals surface area contributed by atoms with Gasteiger partial charge in [0.25, 0.3) is 5.91 Å². The number of carbonyl (C=O) groups excluding carboxylic acids is 1. The van der Waals surface area contributed by atoms with E-state index in [4.69, 9.17) is 0 Å². The Hall–Kier alpha value is -2.63. The second-order valence-electron chi connectivity index (χ2n) is 7.07. The third-order valence-electron chi connectivity index (χ3n) is 5.21. The molecule has 27 heavy (non-hydrogen) atoms. The van der Waals surface area contributed by atoms with Crippen LogP contribution in [0.2, 0.25) is 0 Å². The van der Waals surface area contributed by atoms with Crippen LogP contribution < -0.4 is 10.2 Å². The molecule has 1 aromatic carbocycles. The van der Waals surface area contributed by atoms with Gasteiger partial charge < -0.3 is 15.1 Å². The number of piperazine rings is 1. The molecule has 0 saturated carbocycles. The van der Waals surface area contributed by atoms with E-state index >= 15 is 0 Å². The normalized spacial score (nSPS) is 14.3. The molecule has 1 saturated heterocycles. The van der Waals surface area contributed by atoms with Crippen molar-refractivity contribution < 1.29 is 4.79 Å². The standard InChI is InChI=1S/C21H29N5O/c1-4-5-9-22-20-14-18(23-15-24-20)21(27)26-12-10-25(11-13-26)19-8-6-7-16(2)17(19)3/h6-8,14-15H,4-5,9-13H2,1-3H3,(H,22,23,24). The van der Waals surface area contributed by atoms with E-state index in [1.807, 2.05) is 4.90 Å². The number of anilines is 2. The van der Waals surface area contributed by atoms with E-state index in [-0.39, 0.29) is 5.91 Å². The van der Waals surface area contributed by atoms with Crippen molar-refractivity contribution in [1.82, 2.24) is 14.9 Å². The maximum absolute atomic E-state index is 12.8. The molecule has 1 fully saturated rings. The summed E-state index contributed by atoms with van der Waals surface area (Å²) in [5, 5.41) is 3.25. The molecule has 1 aromatic heterocycles. The summed E-state index contributed by atoms with van der Waals surface area (Å²) in [5.74, 6) is 0.701. The van der Waals surface area contributed by atoms with Crippen molar-refractivity contribution in [3.8, 4) is 0 Å². The Labute approximate surface area is 161 Å². The Morgan fingerprint density at radius 3 is 2.67 bits per heavy atom. The van der Waals surface area contributed by atoms with Gasteiger partial charge >= 0.3 is 0 Å². The van der Waals surface area contributed by atoms with E-state index in [0.29, 0.717) is 18.8 Å². The summed E-state index contributed by atoms with van der Waals surface area (Å²) >= 11 is 0. The van der Waals surface area contributed by atoms with Gasteiger partial charge in [-0.05, 0) is 37.5 Å². The SMILES string of the molecule is CCCCNc1cc(C(=O)N2CCN(c3cccc(C)c3C)CC2)ncn1. The zero-order valence-corrected chi connectivity index (χ0v) is 16.5. The highest BCUT2D eigenvalue weighted by atomic mass is 16.2. The third kappa shape index (κ3) is 4.56. The number of hydrogen-bond acceptors (Lipinski definition) is 5. The zero-order valence-electron chi connectivity index (χ0n) is 16.5. The van der Waals surface area contributed by atoms with E-state index < -0.39 is 0 Å². The summed E-state index contributed by atoms with van der Waals surface area (Å²) in [4.78, 5) is 25.5. The van der Waals surface area contributed by atoms with Gasteiger partial charge in [-0.2, -0.15) is 0 Å². The van der Waals surface area contributed by atoms with E-state index in [0.717, 1.165) is 38.3 Å². The summed E-state index contributed by atoms with van der Waals surface area (Å²) in [6.07, 6.45) is 3.66. The van der Waals surface area contributed by atoms with Gasteiger partial charge in [-0.15, -0.1) is 0 Å². The number of aryl methyl sites for hydroxylation is 1. The molecule has 2 heterocycles. The number of nitrogens with one attached hydrogen (secondary N) is 1. The van der Waals surface area contributed by atoms with Crippen molar-refractivity contribution >= 4 is 17.4 Å². The van der Waals surface area contributed by atoms with Crippen LogP contribution in [0, 0.1) is 13.8 Å². The van der Waals surface area contributed by atoms with E-state index in [2.05, 4.69) is 59.2 Å². The summed E-state index contributed by atoms with van der Waals surface area (Å²) in [6.45, 7) is 10.4. The predicted octanol–water partition coefficient (Wildman–Crippen LogP) is 3.27. The minimum absolute atomic E-state index is 0.0171. The molecule has 0 atom stereocenters. The maximum Gasteiger partial charge on any atom is 0.272 e. The largest absolute Gasteiger partial charge is 0.370 e. The van der Waals surface area contributed by atoms with Crippen molar-refractivity contribution in [2.45, 2.75) is 33.6 Å². The van der Waals surface area contributed by atoms with Crippen molar-refractivity contribution in [1.29, 1.82) is 0 Å². The number of aromatic nitrogens is 2. The summed E-state index contributed by atoms with van der Waals surface area (Å²) in [6, 6.07) is 8.16. The molecular formula is C21H29N5O. The molecule has 1 amide bonds. The average Bonchev–Trinajstić information content (AvgIpc) is 2.70. The lowest BCUT2D eigenvalue weighted by atomic mass is 10.1. The van der Waals surface area contributed by atoms with Crippen molar-refractivity contribution in [2.24, 2.45) is 0 Å². The van der Waals surface area contributed by atoms with Crippen LogP contribution in [0.4, 0.5) is 11.5 Å². The maximum atomic E-state index is 12.8. The lowest BCUT2D eigenvalue weighted by Crippen LogP contribution is -2.49. The fourth-order valence-corrected chi connectivity index (χ4v) is 3.35. The molecule has 144 valence electrons. The van der Waals surface area contributed by atoms with Crippen LogP contribution >= 0.6 is 0 Å². The molecule has 3 rings (SSSR count). The summed E-state index contributed by atoms with van der Waals surface area (Å²) in [7, 11) is 0. The van der Waals surface area contributed by atoms with Crippen LogP contribution in [-0.2, 0) is 0 Å². The predicted molar refractivity (Wildman–Crippen MR) is 109 cm³/mol. The van der Waals surface area contributed by atoms with E-state index in [1.54, 1.807) is 6.07 Å². The molecule has 6 heteroatoms. The van der Waals surface area contributed by atoms with Gasteiger partial charge in [-0.1, -0.05) is 25.5 Å². The Morgan fingerprint density at radius 1 is 1.15 bits per heavy atom. The van der Waals surface area contributed by atoms with Gasteiger partial charge in [-0.25, -0.2) is 9.97 Å². The molecule has 2 aromatic rings. The number of unbranched alkanes of at least 4 members (excludes halogenated alkanes) is 1. The molecule has 1 aliphatic heterocycles. The Kier molecular flexibility index (Phi) is 6.27. The fraction of sp³-hybridized carbons (Fsp3) is 0.476. The lowest BCUT2D eigenvalue weighted by Gasteiger charge is -2.37. The smallest absolute Gasteiger partial charge is 0.272 e. The number of amides is 1. The number of hydrogen-bond donors (Lipinski definition) is 1. The Morgan fingerprint density at radius 2 is 1.93 bits per heavy atom. The molecule has 6 nitrogen and oxygen atoms in total. The highest BCUT2D eigenvalue weighted by Crippen LogP contribution is 2.24. The minimum Gasteiger partial charge on any atom is -0.370 e. The first-order chi connectivity index (χ1) is 13.1. The van der Waals surface area contributed by atoms with E-state index in [1.165, 1.54) is 23.1 Å². The fourth-order valence-electron chi connectivity index (χ4n) is 3.35. The van der Waals surface area contributed by atoms with Crippen molar-refractivity contribution in [2.75, 3.05) is 42.9 Å². The highest BCUT2D eigenvalue weighted by molar-refractivity contribution is 5.93. The number of benzene rings is 1. The van der Waals surface area contributed by atoms with Crippen LogP contribution in [-0.4, -0.2) is 53.5 Å². The lowest BCUT2D eigenvalue weighted by molar-refractivity contribution is 0.0740. The first-order valence-corrected chi connectivity index (χ1v) is 9.76. The molecule has 0 unspecified atom stereocenters. The van der Waals surface area contributed by atoms with Crippen molar-refractivity contribution in [3.05, 3.63) is 47.4 Å². The number of nitrogens with zero attached hydrogens (tertiary/aromatic N) is 4. The Bertz CT molecular complexity index is 784. The van der Waals surface area contributed by atoms with Gasteiger partial charge in [0.05, 0.1) is 0 Å². The van der Waals surface area contributed by atoms with Crippen molar-refractivity contribution in [3.63, 3.8) is 0 Å². The summed E-state index contributed by atoms with van der Waals surface area (Å²) < 4.78 is 0. The monoisotopic (exact) mass is 367 g/mol. The second-order valence-corrected chi connectivity index (χ2v) is 7.07. The summed E-state index contributed by atoms with van der Waals surface area (Å²) in [5.41, 5.74) is 4.35. The Balaban J connectivity index is 1.61.